The normalized spacial score (nSPS) is 20.5. The summed E-state index contributed by atoms with van der Waals surface area (Å²) in [7, 11) is 0. The van der Waals surface area contributed by atoms with E-state index in [1.54, 1.807) is 0 Å². The van der Waals surface area contributed by atoms with Crippen LogP contribution >= 0.6 is 0 Å². The summed E-state index contributed by atoms with van der Waals surface area (Å²) in [5.74, 6) is 0.640. The molecule has 1 unspecified atom stereocenters. The third-order valence-corrected chi connectivity index (χ3v) is 2.83. The number of carbonyl (C=O) groups is 1. The van der Waals surface area contributed by atoms with Gasteiger partial charge in [0.2, 0.25) is 5.91 Å². The maximum absolute atomic E-state index is 11.0. The Hall–Kier alpha value is -1.35. The Labute approximate surface area is 95.8 Å². The molecule has 0 aromatic heterocycles. The minimum Gasteiger partial charge on any atom is -0.376 e. The average Bonchev–Trinajstić information content (AvgIpc) is 2.33. The van der Waals surface area contributed by atoms with Gasteiger partial charge in [0.1, 0.15) is 0 Å². The molecule has 0 bridgehead atoms. The number of amides is 1. The minimum atomic E-state index is 0.166. The molecule has 1 aliphatic heterocycles. The summed E-state index contributed by atoms with van der Waals surface area (Å²) in [4.78, 5) is 11.0. The number of benzene rings is 1. The molecule has 1 amide bonds. The zero-order valence-corrected chi connectivity index (χ0v) is 9.32. The highest BCUT2D eigenvalue weighted by atomic mass is 16.5. The van der Waals surface area contributed by atoms with Gasteiger partial charge in [0.25, 0.3) is 0 Å². The quantitative estimate of drug-likeness (QED) is 0.837. The molecule has 1 saturated heterocycles. The fraction of sp³-hybridized carbons (Fsp3) is 0.462. The Morgan fingerprint density at radius 1 is 1.31 bits per heavy atom. The molecule has 2 rings (SSSR count). The van der Waals surface area contributed by atoms with Crippen molar-refractivity contribution >= 4 is 5.91 Å². The van der Waals surface area contributed by atoms with Gasteiger partial charge in [0, 0.05) is 18.9 Å². The van der Waals surface area contributed by atoms with E-state index in [9.17, 15) is 4.79 Å². The third kappa shape index (κ3) is 3.35. The first-order chi connectivity index (χ1) is 7.84. The zero-order chi connectivity index (χ0) is 11.2. The number of hydrogen-bond acceptors (Lipinski definition) is 2. The standard InChI is InChI=1S/C13H17NO2/c15-13-7-6-12(8-14-13)10-16-9-11-4-2-1-3-5-11/h1-5,12H,6-10H2,(H,14,15). The fourth-order valence-corrected chi connectivity index (χ4v) is 1.84. The Kier molecular flexibility index (Phi) is 3.94. The molecule has 1 N–H and O–H groups in total. The predicted molar refractivity (Wildman–Crippen MR) is 61.8 cm³/mol. The van der Waals surface area contributed by atoms with Gasteiger partial charge in [-0.2, -0.15) is 0 Å². The van der Waals surface area contributed by atoms with Crippen molar-refractivity contribution < 1.29 is 9.53 Å². The molecule has 0 aliphatic carbocycles. The molecule has 1 atom stereocenters. The molecule has 1 aromatic rings. The van der Waals surface area contributed by atoms with Gasteiger partial charge in [-0.05, 0) is 12.0 Å². The lowest BCUT2D eigenvalue weighted by atomic mass is 10.0. The number of hydrogen-bond donors (Lipinski definition) is 1. The molecule has 1 aromatic carbocycles. The van der Waals surface area contributed by atoms with E-state index in [1.807, 2.05) is 18.2 Å². The number of piperidine rings is 1. The van der Waals surface area contributed by atoms with Crippen LogP contribution in [0.5, 0.6) is 0 Å². The molecule has 3 nitrogen and oxygen atoms in total. The summed E-state index contributed by atoms with van der Waals surface area (Å²) < 4.78 is 5.64. The van der Waals surface area contributed by atoms with Crippen molar-refractivity contribution in [3.63, 3.8) is 0 Å². The third-order valence-electron chi connectivity index (χ3n) is 2.83. The summed E-state index contributed by atoms with van der Waals surface area (Å²) in [6.45, 7) is 2.15. The molecule has 86 valence electrons. The highest BCUT2D eigenvalue weighted by Crippen LogP contribution is 2.12. The molecule has 0 saturated carbocycles. The molecular formula is C13H17NO2. The van der Waals surface area contributed by atoms with Gasteiger partial charge >= 0.3 is 0 Å². The van der Waals surface area contributed by atoms with Crippen LogP contribution in [0.2, 0.25) is 0 Å². The lowest BCUT2D eigenvalue weighted by Crippen LogP contribution is -2.36. The molecule has 1 aliphatic rings. The van der Waals surface area contributed by atoms with E-state index >= 15 is 0 Å². The van der Waals surface area contributed by atoms with Crippen molar-refractivity contribution in [3.05, 3.63) is 35.9 Å². The van der Waals surface area contributed by atoms with Crippen LogP contribution in [0, 0.1) is 5.92 Å². The van der Waals surface area contributed by atoms with E-state index in [4.69, 9.17) is 4.74 Å². The van der Waals surface area contributed by atoms with Crippen LogP contribution in [0.25, 0.3) is 0 Å². The van der Waals surface area contributed by atoms with Gasteiger partial charge in [-0.1, -0.05) is 30.3 Å². The summed E-state index contributed by atoms with van der Waals surface area (Å²) in [6, 6.07) is 10.1. The van der Waals surface area contributed by atoms with Crippen molar-refractivity contribution in [2.24, 2.45) is 5.92 Å². The number of nitrogens with one attached hydrogen (secondary N) is 1. The molecule has 0 spiro atoms. The Morgan fingerprint density at radius 3 is 2.81 bits per heavy atom. The van der Waals surface area contributed by atoms with E-state index < -0.39 is 0 Å². The maximum Gasteiger partial charge on any atom is 0.220 e. The first-order valence-corrected chi connectivity index (χ1v) is 5.73. The van der Waals surface area contributed by atoms with Crippen LogP contribution in [0.4, 0.5) is 0 Å². The minimum absolute atomic E-state index is 0.166. The molecule has 3 heteroatoms. The average molecular weight is 219 g/mol. The van der Waals surface area contributed by atoms with Crippen LogP contribution in [-0.2, 0) is 16.1 Å². The number of carbonyl (C=O) groups excluding carboxylic acids is 1. The highest BCUT2D eigenvalue weighted by Gasteiger charge is 2.17. The number of rotatable bonds is 4. The van der Waals surface area contributed by atoms with E-state index in [0.717, 1.165) is 19.6 Å². The Bertz CT molecular complexity index is 327. The van der Waals surface area contributed by atoms with Crippen molar-refractivity contribution in [2.45, 2.75) is 19.4 Å². The molecular weight excluding hydrogens is 202 g/mol. The van der Waals surface area contributed by atoms with E-state index in [-0.39, 0.29) is 5.91 Å². The summed E-state index contributed by atoms with van der Waals surface area (Å²) in [5.41, 5.74) is 1.20. The van der Waals surface area contributed by atoms with Gasteiger partial charge in [-0.15, -0.1) is 0 Å². The van der Waals surface area contributed by atoms with Crippen LogP contribution in [-0.4, -0.2) is 19.1 Å². The van der Waals surface area contributed by atoms with Crippen LogP contribution in [0.1, 0.15) is 18.4 Å². The van der Waals surface area contributed by atoms with Gasteiger partial charge in [0.15, 0.2) is 0 Å². The second kappa shape index (κ2) is 5.66. The zero-order valence-electron chi connectivity index (χ0n) is 9.32. The smallest absolute Gasteiger partial charge is 0.220 e. The van der Waals surface area contributed by atoms with Crippen molar-refractivity contribution in [3.8, 4) is 0 Å². The van der Waals surface area contributed by atoms with Crippen molar-refractivity contribution in [2.75, 3.05) is 13.2 Å². The van der Waals surface area contributed by atoms with Crippen LogP contribution < -0.4 is 5.32 Å². The second-order valence-electron chi connectivity index (χ2n) is 4.21. The number of ether oxygens (including phenoxy) is 1. The van der Waals surface area contributed by atoms with E-state index in [0.29, 0.717) is 18.9 Å². The van der Waals surface area contributed by atoms with Gasteiger partial charge in [-0.3, -0.25) is 4.79 Å². The largest absolute Gasteiger partial charge is 0.376 e. The lowest BCUT2D eigenvalue weighted by molar-refractivity contribution is -0.123. The van der Waals surface area contributed by atoms with Gasteiger partial charge in [0.05, 0.1) is 13.2 Å². The maximum atomic E-state index is 11.0. The lowest BCUT2D eigenvalue weighted by Gasteiger charge is -2.22. The van der Waals surface area contributed by atoms with Crippen LogP contribution in [0.15, 0.2) is 30.3 Å². The van der Waals surface area contributed by atoms with E-state index in [2.05, 4.69) is 17.4 Å². The molecule has 16 heavy (non-hydrogen) atoms. The van der Waals surface area contributed by atoms with Crippen molar-refractivity contribution in [1.29, 1.82) is 0 Å². The van der Waals surface area contributed by atoms with Gasteiger partial charge < -0.3 is 10.1 Å². The predicted octanol–water partition coefficient (Wildman–Crippen LogP) is 1.73. The SMILES string of the molecule is O=C1CCC(COCc2ccccc2)CN1. The molecule has 1 heterocycles. The van der Waals surface area contributed by atoms with Crippen LogP contribution in [0.3, 0.4) is 0 Å². The first-order valence-electron chi connectivity index (χ1n) is 5.73. The Balaban J connectivity index is 1.67. The summed E-state index contributed by atoms with van der Waals surface area (Å²) >= 11 is 0. The van der Waals surface area contributed by atoms with Gasteiger partial charge in [-0.25, -0.2) is 0 Å². The topological polar surface area (TPSA) is 38.3 Å². The monoisotopic (exact) mass is 219 g/mol. The first kappa shape index (κ1) is 11.1. The highest BCUT2D eigenvalue weighted by molar-refractivity contribution is 5.76. The molecule has 0 radical (unpaired) electrons. The Morgan fingerprint density at radius 2 is 2.12 bits per heavy atom. The van der Waals surface area contributed by atoms with E-state index in [1.165, 1.54) is 5.56 Å². The summed E-state index contributed by atoms with van der Waals surface area (Å²) in [5, 5.41) is 2.86. The van der Waals surface area contributed by atoms with Crippen molar-refractivity contribution in [1.82, 2.24) is 5.32 Å². The molecule has 1 fully saturated rings. The fourth-order valence-electron chi connectivity index (χ4n) is 1.84. The second-order valence-corrected chi connectivity index (χ2v) is 4.21. The summed E-state index contributed by atoms with van der Waals surface area (Å²) in [6.07, 6.45) is 1.58.